The normalized spacial score (nSPS) is 26.2. The number of carbonyl (C=O) groups excluding carboxylic acids is 3. The number of hydrogen-bond acceptors (Lipinski definition) is 5. The lowest BCUT2D eigenvalue weighted by Crippen LogP contribution is -2.48. The van der Waals surface area contributed by atoms with E-state index in [9.17, 15) is 14.4 Å². The van der Waals surface area contributed by atoms with E-state index in [0.29, 0.717) is 6.42 Å². The maximum absolute atomic E-state index is 12.3. The van der Waals surface area contributed by atoms with Crippen LogP contribution in [0.1, 0.15) is 40.5 Å². The maximum atomic E-state index is 12.3. The average Bonchev–Trinajstić information content (AvgIpc) is 2.64. The topological polar surface area (TPSA) is 72.9 Å². The number of methoxy groups -OCH3 is 1. The molecule has 0 radical (unpaired) electrons. The van der Waals surface area contributed by atoms with Crippen molar-refractivity contribution in [2.45, 2.75) is 58.2 Å². The second kappa shape index (κ2) is 6.24. The van der Waals surface area contributed by atoms with Crippen molar-refractivity contribution < 1.29 is 23.9 Å². The maximum Gasteiger partial charge on any atom is 0.411 e. The summed E-state index contributed by atoms with van der Waals surface area (Å²) in [6.07, 6.45) is 0.848. The van der Waals surface area contributed by atoms with Crippen LogP contribution in [0.5, 0.6) is 0 Å². The number of hydrogen-bond donors (Lipinski definition) is 0. The third-order valence-electron chi connectivity index (χ3n) is 3.36. The van der Waals surface area contributed by atoms with Gasteiger partial charge < -0.3 is 14.3 Å². The first kappa shape index (κ1) is 16.5. The molecule has 1 saturated heterocycles. The fourth-order valence-corrected chi connectivity index (χ4v) is 2.50. The van der Waals surface area contributed by atoms with E-state index in [0.717, 1.165) is 6.29 Å². The number of likely N-dealkylation sites (tertiary alicyclic amines) is 1. The highest BCUT2D eigenvalue weighted by atomic mass is 16.6. The Morgan fingerprint density at radius 2 is 1.95 bits per heavy atom. The molecule has 0 N–H and O–H groups in total. The molecule has 0 aliphatic carbocycles. The molecule has 0 aromatic carbocycles. The Balaban J connectivity index is 3.00. The zero-order valence-corrected chi connectivity index (χ0v) is 12.7. The molecular formula is C14H23NO5. The van der Waals surface area contributed by atoms with Gasteiger partial charge in [0.15, 0.2) is 0 Å². The van der Waals surface area contributed by atoms with Crippen LogP contribution >= 0.6 is 0 Å². The lowest BCUT2D eigenvalue weighted by Gasteiger charge is -2.31. The first-order chi connectivity index (χ1) is 9.21. The first-order valence-electron chi connectivity index (χ1n) is 6.74. The van der Waals surface area contributed by atoms with Crippen molar-refractivity contribution in [2.75, 3.05) is 7.11 Å². The number of nitrogens with zero attached hydrogens (tertiary/aromatic N) is 1. The molecule has 1 heterocycles. The highest BCUT2D eigenvalue weighted by Gasteiger charge is 2.47. The van der Waals surface area contributed by atoms with Crippen molar-refractivity contribution >= 4 is 18.3 Å². The Bertz CT molecular complexity index is 388. The van der Waals surface area contributed by atoms with Crippen LogP contribution in [0.4, 0.5) is 4.79 Å². The molecule has 0 saturated carbocycles. The van der Waals surface area contributed by atoms with E-state index in [2.05, 4.69) is 0 Å². The third-order valence-corrected chi connectivity index (χ3v) is 3.36. The largest absolute Gasteiger partial charge is 0.467 e. The zero-order chi connectivity index (χ0) is 15.5. The lowest BCUT2D eigenvalue weighted by atomic mass is 9.99. The van der Waals surface area contributed by atoms with Gasteiger partial charge >= 0.3 is 12.1 Å². The number of amides is 1. The molecular weight excluding hydrogens is 262 g/mol. The van der Waals surface area contributed by atoms with Gasteiger partial charge in [0.25, 0.3) is 0 Å². The molecule has 6 heteroatoms. The van der Waals surface area contributed by atoms with Gasteiger partial charge in [0.1, 0.15) is 17.9 Å². The quantitative estimate of drug-likeness (QED) is 0.583. The fraction of sp³-hybridized carbons (Fsp3) is 0.786. The molecule has 1 aliphatic rings. The molecule has 0 spiro atoms. The standard InChI is InChI=1S/C14H23NO5/c1-9-8-11(12(17)19-5)15(10(9)6-7-16)13(18)20-14(2,3)4/h7,9-11H,6,8H2,1-5H3/t9-,10+,11-/m1/s1. The number of ether oxygens (including phenoxy) is 2. The molecule has 1 aliphatic heterocycles. The highest BCUT2D eigenvalue weighted by Crippen LogP contribution is 2.33. The van der Waals surface area contributed by atoms with Crippen LogP contribution in [0.2, 0.25) is 0 Å². The summed E-state index contributed by atoms with van der Waals surface area (Å²) in [6, 6.07) is -1.01. The summed E-state index contributed by atoms with van der Waals surface area (Å²) < 4.78 is 10.1. The summed E-state index contributed by atoms with van der Waals surface area (Å²) in [5.41, 5.74) is -0.657. The molecule has 0 bridgehead atoms. The summed E-state index contributed by atoms with van der Waals surface area (Å²) in [5, 5.41) is 0. The van der Waals surface area contributed by atoms with Crippen LogP contribution in [-0.4, -0.2) is 48.0 Å². The molecule has 1 fully saturated rings. The summed E-state index contributed by atoms with van der Waals surface area (Å²) in [7, 11) is 1.29. The summed E-state index contributed by atoms with van der Waals surface area (Å²) >= 11 is 0. The van der Waals surface area contributed by atoms with Gasteiger partial charge in [0, 0.05) is 12.5 Å². The fourth-order valence-electron chi connectivity index (χ4n) is 2.50. The van der Waals surface area contributed by atoms with E-state index in [-0.39, 0.29) is 18.4 Å². The number of carbonyl (C=O) groups is 3. The third kappa shape index (κ3) is 3.71. The minimum Gasteiger partial charge on any atom is -0.467 e. The predicted octanol–water partition coefficient (Wildman–Crippen LogP) is 1.76. The van der Waals surface area contributed by atoms with E-state index in [1.807, 2.05) is 6.92 Å². The smallest absolute Gasteiger partial charge is 0.411 e. The number of rotatable bonds is 3. The Morgan fingerprint density at radius 1 is 1.35 bits per heavy atom. The predicted molar refractivity (Wildman–Crippen MR) is 72.1 cm³/mol. The van der Waals surface area contributed by atoms with Crippen LogP contribution in [0, 0.1) is 5.92 Å². The molecule has 1 amide bonds. The van der Waals surface area contributed by atoms with Crippen LogP contribution in [0.25, 0.3) is 0 Å². The Kier molecular flexibility index (Phi) is 5.14. The molecule has 0 aromatic heterocycles. The molecule has 114 valence electrons. The van der Waals surface area contributed by atoms with Gasteiger partial charge in [-0.1, -0.05) is 6.92 Å². The monoisotopic (exact) mass is 285 g/mol. The van der Waals surface area contributed by atoms with Gasteiger partial charge in [-0.3, -0.25) is 4.90 Å². The SMILES string of the molecule is COC(=O)[C@H]1C[C@@H](C)[C@H](CC=O)N1C(=O)OC(C)(C)C. The Labute approximate surface area is 119 Å². The van der Waals surface area contributed by atoms with Gasteiger partial charge in [-0.25, -0.2) is 9.59 Å². The zero-order valence-electron chi connectivity index (χ0n) is 12.7. The second-order valence-electron chi connectivity index (χ2n) is 6.11. The first-order valence-corrected chi connectivity index (χ1v) is 6.74. The summed E-state index contributed by atoms with van der Waals surface area (Å²) in [6.45, 7) is 7.18. The van der Waals surface area contributed by atoms with Gasteiger partial charge in [0.05, 0.1) is 7.11 Å². The molecule has 3 atom stereocenters. The van der Waals surface area contributed by atoms with Crippen LogP contribution in [0.3, 0.4) is 0 Å². The van der Waals surface area contributed by atoms with E-state index in [1.165, 1.54) is 12.0 Å². The van der Waals surface area contributed by atoms with Crippen molar-refractivity contribution in [1.29, 1.82) is 0 Å². The number of esters is 1. The van der Waals surface area contributed by atoms with Crippen LogP contribution in [0.15, 0.2) is 0 Å². The van der Waals surface area contributed by atoms with Gasteiger partial charge in [0.2, 0.25) is 0 Å². The lowest BCUT2D eigenvalue weighted by molar-refractivity contribution is -0.146. The molecule has 20 heavy (non-hydrogen) atoms. The van der Waals surface area contributed by atoms with Crippen LogP contribution in [-0.2, 0) is 19.1 Å². The van der Waals surface area contributed by atoms with Gasteiger partial charge in [-0.05, 0) is 33.1 Å². The Morgan fingerprint density at radius 3 is 2.40 bits per heavy atom. The van der Waals surface area contributed by atoms with E-state index < -0.39 is 23.7 Å². The van der Waals surface area contributed by atoms with Crippen LogP contribution < -0.4 is 0 Å². The Hall–Kier alpha value is -1.59. The minimum absolute atomic E-state index is 0.0387. The van der Waals surface area contributed by atoms with Crippen molar-refractivity contribution in [3.05, 3.63) is 0 Å². The van der Waals surface area contributed by atoms with E-state index in [4.69, 9.17) is 9.47 Å². The molecule has 6 nitrogen and oxygen atoms in total. The van der Waals surface area contributed by atoms with E-state index in [1.54, 1.807) is 20.8 Å². The van der Waals surface area contributed by atoms with Gasteiger partial charge in [-0.2, -0.15) is 0 Å². The van der Waals surface area contributed by atoms with Crippen molar-refractivity contribution in [1.82, 2.24) is 4.90 Å². The van der Waals surface area contributed by atoms with Crippen molar-refractivity contribution in [2.24, 2.45) is 5.92 Å². The van der Waals surface area contributed by atoms with Crippen molar-refractivity contribution in [3.63, 3.8) is 0 Å². The molecule has 0 aromatic rings. The van der Waals surface area contributed by atoms with Gasteiger partial charge in [-0.15, -0.1) is 0 Å². The summed E-state index contributed by atoms with van der Waals surface area (Å²) in [4.78, 5) is 36.3. The van der Waals surface area contributed by atoms with Crippen molar-refractivity contribution in [3.8, 4) is 0 Å². The highest BCUT2D eigenvalue weighted by molar-refractivity contribution is 5.83. The van der Waals surface area contributed by atoms with E-state index >= 15 is 0 Å². The average molecular weight is 285 g/mol. The second-order valence-corrected chi connectivity index (χ2v) is 6.11. The minimum atomic E-state index is -0.685. The number of aldehydes is 1. The molecule has 1 rings (SSSR count). The molecule has 0 unspecified atom stereocenters. The summed E-state index contributed by atoms with van der Waals surface area (Å²) in [5.74, 6) is -0.437.